The van der Waals surface area contributed by atoms with E-state index in [4.69, 9.17) is 0 Å². The van der Waals surface area contributed by atoms with E-state index in [1.807, 2.05) is 11.7 Å². The standard InChI is InChI=1S/C15H19N3/c1-11-5-3-6-12(9-11)14-10-15(18(2)17-14)13-7-4-8-16-13/h3,5-6,9-10,13,16H,4,7-8H2,1-2H3. The molecule has 3 rings (SSSR count). The van der Waals surface area contributed by atoms with E-state index in [0.717, 1.165) is 12.2 Å². The number of aryl methyl sites for hydroxylation is 2. The average Bonchev–Trinajstić information content (AvgIpc) is 2.97. The quantitative estimate of drug-likeness (QED) is 0.876. The molecule has 1 aromatic carbocycles. The van der Waals surface area contributed by atoms with Gasteiger partial charge in [-0.25, -0.2) is 0 Å². The second-order valence-electron chi connectivity index (χ2n) is 5.10. The summed E-state index contributed by atoms with van der Waals surface area (Å²) < 4.78 is 2.01. The first-order chi connectivity index (χ1) is 8.74. The summed E-state index contributed by atoms with van der Waals surface area (Å²) in [5.74, 6) is 0. The van der Waals surface area contributed by atoms with Crippen molar-refractivity contribution in [1.29, 1.82) is 0 Å². The molecule has 3 heteroatoms. The van der Waals surface area contributed by atoms with Crippen LogP contribution in [0.2, 0.25) is 0 Å². The smallest absolute Gasteiger partial charge is 0.0926 e. The summed E-state index contributed by atoms with van der Waals surface area (Å²) in [6, 6.07) is 11.2. The summed E-state index contributed by atoms with van der Waals surface area (Å²) in [6.07, 6.45) is 2.47. The van der Waals surface area contributed by atoms with Gasteiger partial charge in [-0.05, 0) is 38.4 Å². The minimum Gasteiger partial charge on any atom is -0.309 e. The molecule has 1 aliphatic rings. The Kier molecular flexibility index (Phi) is 2.92. The molecule has 18 heavy (non-hydrogen) atoms. The molecule has 1 fully saturated rings. The third-order valence-corrected chi connectivity index (χ3v) is 3.65. The Hall–Kier alpha value is -1.61. The minimum atomic E-state index is 0.473. The Balaban J connectivity index is 1.96. The normalized spacial score (nSPS) is 19.3. The van der Waals surface area contributed by atoms with Crippen molar-refractivity contribution in [3.63, 3.8) is 0 Å². The van der Waals surface area contributed by atoms with Crippen molar-refractivity contribution in [1.82, 2.24) is 15.1 Å². The molecule has 1 aliphatic heterocycles. The molecule has 3 nitrogen and oxygen atoms in total. The van der Waals surface area contributed by atoms with Crippen LogP contribution in [0.15, 0.2) is 30.3 Å². The molecule has 1 atom stereocenters. The number of nitrogens with one attached hydrogen (secondary N) is 1. The van der Waals surface area contributed by atoms with Gasteiger partial charge in [0.2, 0.25) is 0 Å². The molecule has 0 spiro atoms. The molecule has 94 valence electrons. The van der Waals surface area contributed by atoms with Crippen molar-refractivity contribution >= 4 is 0 Å². The van der Waals surface area contributed by atoms with Crippen LogP contribution in [-0.2, 0) is 7.05 Å². The second kappa shape index (κ2) is 4.58. The predicted octanol–water partition coefficient (Wildman–Crippen LogP) is 2.82. The molecule has 0 amide bonds. The zero-order valence-electron chi connectivity index (χ0n) is 11.0. The van der Waals surface area contributed by atoms with Crippen LogP contribution >= 0.6 is 0 Å². The van der Waals surface area contributed by atoms with Crippen molar-refractivity contribution in [2.45, 2.75) is 25.8 Å². The summed E-state index contributed by atoms with van der Waals surface area (Å²) in [5.41, 5.74) is 4.85. The van der Waals surface area contributed by atoms with Gasteiger partial charge in [0.25, 0.3) is 0 Å². The topological polar surface area (TPSA) is 29.9 Å². The Morgan fingerprint density at radius 3 is 2.94 bits per heavy atom. The van der Waals surface area contributed by atoms with Crippen LogP contribution in [-0.4, -0.2) is 16.3 Å². The number of benzene rings is 1. The van der Waals surface area contributed by atoms with Crippen LogP contribution in [0.5, 0.6) is 0 Å². The van der Waals surface area contributed by atoms with E-state index in [0.29, 0.717) is 6.04 Å². The molecular formula is C15H19N3. The van der Waals surface area contributed by atoms with Crippen LogP contribution in [0.4, 0.5) is 0 Å². The molecule has 0 radical (unpaired) electrons. The van der Waals surface area contributed by atoms with E-state index in [2.05, 4.69) is 47.7 Å². The van der Waals surface area contributed by atoms with Gasteiger partial charge in [0, 0.05) is 18.7 Å². The number of aromatic nitrogens is 2. The molecule has 2 heterocycles. The molecule has 1 aromatic heterocycles. The highest BCUT2D eigenvalue weighted by molar-refractivity contribution is 5.60. The monoisotopic (exact) mass is 241 g/mol. The van der Waals surface area contributed by atoms with Gasteiger partial charge >= 0.3 is 0 Å². The molecule has 0 bridgehead atoms. The molecule has 0 saturated carbocycles. The molecule has 0 aliphatic carbocycles. The molecule has 2 aromatic rings. The third kappa shape index (κ3) is 2.06. The van der Waals surface area contributed by atoms with Gasteiger partial charge in [-0.1, -0.05) is 23.8 Å². The van der Waals surface area contributed by atoms with Crippen molar-refractivity contribution in [3.8, 4) is 11.3 Å². The fraction of sp³-hybridized carbons (Fsp3) is 0.400. The maximum Gasteiger partial charge on any atom is 0.0926 e. The van der Waals surface area contributed by atoms with E-state index < -0.39 is 0 Å². The fourth-order valence-electron chi connectivity index (χ4n) is 2.69. The van der Waals surface area contributed by atoms with Crippen LogP contribution < -0.4 is 5.32 Å². The third-order valence-electron chi connectivity index (χ3n) is 3.65. The highest BCUT2D eigenvalue weighted by Crippen LogP contribution is 2.27. The maximum absolute atomic E-state index is 4.64. The van der Waals surface area contributed by atoms with Crippen molar-refractivity contribution in [2.24, 2.45) is 7.05 Å². The van der Waals surface area contributed by atoms with Gasteiger partial charge in [0.1, 0.15) is 0 Å². The van der Waals surface area contributed by atoms with Gasteiger partial charge < -0.3 is 5.32 Å². The first-order valence-electron chi connectivity index (χ1n) is 6.58. The van der Waals surface area contributed by atoms with Gasteiger partial charge in [-0.3, -0.25) is 4.68 Å². The Labute approximate surface area is 108 Å². The lowest BCUT2D eigenvalue weighted by molar-refractivity contribution is 0.574. The minimum absolute atomic E-state index is 0.473. The number of rotatable bonds is 2. The lowest BCUT2D eigenvalue weighted by Crippen LogP contribution is -2.16. The summed E-state index contributed by atoms with van der Waals surface area (Å²) in [4.78, 5) is 0. The number of hydrogen-bond acceptors (Lipinski definition) is 2. The highest BCUT2D eigenvalue weighted by Gasteiger charge is 2.20. The zero-order chi connectivity index (χ0) is 12.5. The summed E-state index contributed by atoms with van der Waals surface area (Å²) >= 11 is 0. The van der Waals surface area contributed by atoms with Gasteiger partial charge in [0.05, 0.1) is 11.4 Å². The van der Waals surface area contributed by atoms with Gasteiger partial charge in [0.15, 0.2) is 0 Å². The summed E-state index contributed by atoms with van der Waals surface area (Å²) in [5, 5.41) is 8.17. The Morgan fingerprint density at radius 2 is 2.22 bits per heavy atom. The first kappa shape index (κ1) is 11.5. The van der Waals surface area contributed by atoms with E-state index in [1.165, 1.54) is 29.7 Å². The SMILES string of the molecule is Cc1cccc(-c2cc(C3CCCN3)n(C)n2)c1. The number of nitrogens with zero attached hydrogens (tertiary/aromatic N) is 2. The zero-order valence-corrected chi connectivity index (χ0v) is 11.0. The van der Waals surface area contributed by atoms with Crippen LogP contribution in [0.25, 0.3) is 11.3 Å². The summed E-state index contributed by atoms with van der Waals surface area (Å²) in [6.45, 7) is 3.24. The molecule has 1 N–H and O–H groups in total. The summed E-state index contributed by atoms with van der Waals surface area (Å²) in [7, 11) is 2.04. The molecule has 1 unspecified atom stereocenters. The van der Waals surface area contributed by atoms with E-state index in [9.17, 15) is 0 Å². The number of hydrogen-bond donors (Lipinski definition) is 1. The maximum atomic E-state index is 4.64. The van der Waals surface area contributed by atoms with Gasteiger partial charge in [-0.15, -0.1) is 0 Å². The van der Waals surface area contributed by atoms with Crippen molar-refractivity contribution < 1.29 is 0 Å². The Bertz CT molecular complexity index is 551. The highest BCUT2D eigenvalue weighted by atomic mass is 15.3. The van der Waals surface area contributed by atoms with E-state index in [-0.39, 0.29) is 0 Å². The van der Waals surface area contributed by atoms with Crippen molar-refractivity contribution in [2.75, 3.05) is 6.54 Å². The average molecular weight is 241 g/mol. The largest absolute Gasteiger partial charge is 0.309 e. The van der Waals surface area contributed by atoms with Gasteiger partial charge in [-0.2, -0.15) is 5.10 Å². The van der Waals surface area contributed by atoms with Crippen molar-refractivity contribution in [3.05, 3.63) is 41.6 Å². The predicted molar refractivity (Wildman–Crippen MR) is 73.4 cm³/mol. The van der Waals surface area contributed by atoms with E-state index in [1.54, 1.807) is 0 Å². The van der Waals surface area contributed by atoms with Crippen LogP contribution in [0.1, 0.15) is 30.1 Å². The van der Waals surface area contributed by atoms with Crippen LogP contribution in [0, 0.1) is 6.92 Å². The van der Waals surface area contributed by atoms with Crippen LogP contribution in [0.3, 0.4) is 0 Å². The second-order valence-corrected chi connectivity index (χ2v) is 5.10. The molecular weight excluding hydrogens is 222 g/mol. The fourth-order valence-corrected chi connectivity index (χ4v) is 2.69. The van der Waals surface area contributed by atoms with E-state index >= 15 is 0 Å². The molecule has 1 saturated heterocycles. The first-order valence-corrected chi connectivity index (χ1v) is 6.58. The lowest BCUT2D eigenvalue weighted by atomic mass is 10.1. The lowest BCUT2D eigenvalue weighted by Gasteiger charge is -2.09. The Morgan fingerprint density at radius 1 is 1.33 bits per heavy atom.